The molecule has 1 rings (SSSR count). The quantitative estimate of drug-likeness (QED) is 0.668. The molecule has 0 saturated heterocycles. The van der Waals surface area contributed by atoms with E-state index in [2.05, 4.69) is 50.8 Å². The van der Waals surface area contributed by atoms with Crippen LogP contribution >= 0.6 is 0 Å². The summed E-state index contributed by atoms with van der Waals surface area (Å²) in [5.41, 5.74) is 1.27. The van der Waals surface area contributed by atoms with Crippen molar-refractivity contribution >= 4 is 8.32 Å². The molecule has 1 atom stereocenters. The Morgan fingerprint density at radius 3 is 2.08 bits per heavy atom. The van der Waals surface area contributed by atoms with Crippen molar-refractivity contribution in [3.63, 3.8) is 0 Å². The summed E-state index contributed by atoms with van der Waals surface area (Å²) in [4.78, 5) is 0. The van der Waals surface area contributed by atoms with Crippen molar-refractivity contribution in [1.29, 1.82) is 0 Å². The highest BCUT2D eigenvalue weighted by atomic mass is 28.4. The zero-order valence-electron chi connectivity index (χ0n) is 8.87. The zero-order chi connectivity index (χ0) is 9.90. The molecule has 1 aromatic rings. The minimum Gasteiger partial charge on any atom is -0.411 e. The van der Waals surface area contributed by atoms with Gasteiger partial charge in [0.15, 0.2) is 8.32 Å². The zero-order valence-corrected chi connectivity index (χ0v) is 9.87. The van der Waals surface area contributed by atoms with E-state index in [4.69, 9.17) is 4.43 Å². The minimum absolute atomic E-state index is 0.230. The van der Waals surface area contributed by atoms with E-state index >= 15 is 0 Å². The number of benzene rings is 1. The molecule has 0 N–H and O–H groups in total. The second-order valence-corrected chi connectivity index (χ2v) is 8.74. The van der Waals surface area contributed by atoms with Crippen molar-refractivity contribution in [1.82, 2.24) is 0 Å². The highest BCUT2D eigenvalue weighted by Crippen LogP contribution is 2.20. The summed E-state index contributed by atoms with van der Waals surface area (Å²) in [5.74, 6) is 0. The smallest absolute Gasteiger partial charge is 0.184 e. The molecule has 0 radical (unpaired) electrons. The Kier molecular flexibility index (Phi) is 3.28. The Hall–Kier alpha value is -0.603. The second-order valence-electron chi connectivity index (χ2n) is 4.28. The van der Waals surface area contributed by atoms with E-state index in [1.807, 2.05) is 6.07 Å². The second kappa shape index (κ2) is 4.07. The Labute approximate surface area is 81.9 Å². The summed E-state index contributed by atoms with van der Waals surface area (Å²) in [6.07, 6.45) is 0.230. The van der Waals surface area contributed by atoms with Gasteiger partial charge in [0, 0.05) is 0 Å². The normalized spacial score (nSPS) is 14.2. The van der Waals surface area contributed by atoms with E-state index in [0.717, 1.165) is 0 Å². The maximum Gasteiger partial charge on any atom is 0.184 e. The van der Waals surface area contributed by atoms with Crippen LogP contribution in [0.3, 0.4) is 0 Å². The topological polar surface area (TPSA) is 9.23 Å². The maximum absolute atomic E-state index is 5.96. The highest BCUT2D eigenvalue weighted by Gasteiger charge is 2.18. The summed E-state index contributed by atoms with van der Waals surface area (Å²) >= 11 is 0. The number of hydrogen-bond donors (Lipinski definition) is 0. The van der Waals surface area contributed by atoms with Gasteiger partial charge in [-0.05, 0) is 32.1 Å². The van der Waals surface area contributed by atoms with E-state index in [1.165, 1.54) is 5.56 Å². The van der Waals surface area contributed by atoms with Crippen molar-refractivity contribution < 1.29 is 4.43 Å². The molecule has 1 aromatic carbocycles. The largest absolute Gasteiger partial charge is 0.411 e. The molecule has 1 nitrogen and oxygen atoms in total. The molecule has 0 aliphatic carbocycles. The van der Waals surface area contributed by atoms with Gasteiger partial charge in [0.1, 0.15) is 0 Å². The molecule has 0 saturated carbocycles. The lowest BCUT2D eigenvalue weighted by molar-refractivity contribution is 0.219. The standard InChI is InChI=1S/C11H18OSi/c1-10(12-13(2,3)4)11-8-6-5-7-9-11/h5-10H,1-4H3/t10-/m1/s1. The molecule has 13 heavy (non-hydrogen) atoms. The van der Waals surface area contributed by atoms with Crippen molar-refractivity contribution in [2.45, 2.75) is 32.7 Å². The first kappa shape index (κ1) is 10.5. The van der Waals surface area contributed by atoms with Crippen LogP contribution in [0.15, 0.2) is 30.3 Å². The van der Waals surface area contributed by atoms with Gasteiger partial charge in [0.25, 0.3) is 0 Å². The van der Waals surface area contributed by atoms with Gasteiger partial charge in [-0.1, -0.05) is 30.3 Å². The van der Waals surface area contributed by atoms with Crippen LogP contribution in [0.1, 0.15) is 18.6 Å². The first-order valence-electron chi connectivity index (χ1n) is 4.72. The minimum atomic E-state index is -1.40. The lowest BCUT2D eigenvalue weighted by atomic mass is 10.1. The van der Waals surface area contributed by atoms with Crippen LogP contribution in [-0.2, 0) is 4.43 Å². The van der Waals surface area contributed by atoms with E-state index in [1.54, 1.807) is 0 Å². The van der Waals surface area contributed by atoms with Gasteiger partial charge in [-0.3, -0.25) is 0 Å². The summed E-state index contributed by atoms with van der Waals surface area (Å²) in [6, 6.07) is 10.4. The number of rotatable bonds is 3. The first-order valence-corrected chi connectivity index (χ1v) is 8.12. The highest BCUT2D eigenvalue weighted by molar-refractivity contribution is 6.69. The van der Waals surface area contributed by atoms with Crippen LogP contribution in [0.5, 0.6) is 0 Å². The van der Waals surface area contributed by atoms with E-state index < -0.39 is 8.32 Å². The summed E-state index contributed by atoms with van der Waals surface area (Å²) < 4.78 is 5.96. The predicted octanol–water partition coefficient (Wildman–Crippen LogP) is 3.60. The fourth-order valence-corrected chi connectivity index (χ4v) is 2.52. The molecule has 0 spiro atoms. The monoisotopic (exact) mass is 194 g/mol. The van der Waals surface area contributed by atoms with Gasteiger partial charge in [-0.2, -0.15) is 0 Å². The van der Waals surface area contributed by atoms with E-state index in [-0.39, 0.29) is 6.10 Å². The van der Waals surface area contributed by atoms with E-state index in [9.17, 15) is 0 Å². The van der Waals surface area contributed by atoms with Gasteiger partial charge in [-0.25, -0.2) is 0 Å². The van der Waals surface area contributed by atoms with E-state index in [0.29, 0.717) is 0 Å². The molecule has 0 unspecified atom stereocenters. The van der Waals surface area contributed by atoms with Crippen molar-refractivity contribution in [2.24, 2.45) is 0 Å². The SMILES string of the molecule is C[C@@H](O[Si](C)(C)C)c1ccccc1. The fourth-order valence-electron chi connectivity index (χ4n) is 1.32. The Bertz CT molecular complexity index is 251. The number of hydrogen-bond acceptors (Lipinski definition) is 1. The van der Waals surface area contributed by atoms with Crippen molar-refractivity contribution in [3.8, 4) is 0 Å². The predicted molar refractivity (Wildman–Crippen MR) is 59.3 cm³/mol. The summed E-state index contributed by atoms with van der Waals surface area (Å²) in [6.45, 7) is 8.76. The van der Waals surface area contributed by atoms with Crippen LogP contribution < -0.4 is 0 Å². The molecule has 72 valence electrons. The molecule has 0 amide bonds. The van der Waals surface area contributed by atoms with Crippen LogP contribution in [-0.4, -0.2) is 8.32 Å². The molecule has 0 bridgehead atoms. The van der Waals surface area contributed by atoms with Gasteiger partial charge < -0.3 is 4.43 Å². The van der Waals surface area contributed by atoms with Gasteiger partial charge in [0.2, 0.25) is 0 Å². The lowest BCUT2D eigenvalue weighted by Crippen LogP contribution is -2.26. The fraction of sp³-hybridized carbons (Fsp3) is 0.455. The Balaban J connectivity index is 2.64. The molecule has 2 heteroatoms. The first-order chi connectivity index (χ1) is 5.99. The lowest BCUT2D eigenvalue weighted by Gasteiger charge is -2.23. The average Bonchev–Trinajstić information content (AvgIpc) is 2.03. The third kappa shape index (κ3) is 3.74. The average molecular weight is 194 g/mol. The molecular weight excluding hydrogens is 176 g/mol. The van der Waals surface area contributed by atoms with Crippen LogP contribution in [0, 0.1) is 0 Å². The Morgan fingerprint density at radius 1 is 1.08 bits per heavy atom. The van der Waals surface area contributed by atoms with Gasteiger partial charge in [-0.15, -0.1) is 0 Å². The van der Waals surface area contributed by atoms with Gasteiger partial charge in [0.05, 0.1) is 6.10 Å². The van der Waals surface area contributed by atoms with Gasteiger partial charge >= 0.3 is 0 Å². The maximum atomic E-state index is 5.96. The third-order valence-electron chi connectivity index (χ3n) is 1.80. The molecule has 0 fully saturated rings. The van der Waals surface area contributed by atoms with Crippen molar-refractivity contribution in [3.05, 3.63) is 35.9 Å². The molecule has 0 aromatic heterocycles. The summed E-state index contributed by atoms with van der Waals surface area (Å²) in [5, 5.41) is 0. The molecule has 0 aliphatic heterocycles. The van der Waals surface area contributed by atoms with Crippen molar-refractivity contribution in [2.75, 3.05) is 0 Å². The van der Waals surface area contributed by atoms with Crippen LogP contribution in [0.25, 0.3) is 0 Å². The van der Waals surface area contributed by atoms with Crippen LogP contribution in [0.2, 0.25) is 19.6 Å². The third-order valence-corrected chi connectivity index (χ3v) is 2.86. The summed E-state index contributed by atoms with van der Waals surface area (Å²) in [7, 11) is -1.40. The molecule has 0 aliphatic rings. The Morgan fingerprint density at radius 2 is 1.62 bits per heavy atom. The van der Waals surface area contributed by atoms with Crippen LogP contribution in [0.4, 0.5) is 0 Å². The molecule has 0 heterocycles. The molecular formula is C11H18OSi.